The van der Waals surface area contributed by atoms with Gasteiger partial charge in [-0.1, -0.05) is 15.9 Å². The Hall–Kier alpha value is -1.28. The van der Waals surface area contributed by atoms with Crippen LogP contribution in [0.25, 0.3) is 0 Å². The molecular weight excluding hydrogens is 319 g/mol. The lowest BCUT2D eigenvalue weighted by Crippen LogP contribution is -2.40. The summed E-state index contributed by atoms with van der Waals surface area (Å²) in [4.78, 5) is 11.5. The maximum atomic E-state index is 12.0. The van der Waals surface area contributed by atoms with Crippen molar-refractivity contribution in [3.8, 4) is 5.75 Å². The topological polar surface area (TPSA) is 69.6 Å². The number of hydrogen-bond acceptors (Lipinski definition) is 3. The van der Waals surface area contributed by atoms with Gasteiger partial charge in [0, 0.05) is 4.47 Å². The zero-order valence-electron chi connectivity index (χ0n) is 8.83. The molecule has 0 saturated heterocycles. The van der Waals surface area contributed by atoms with Gasteiger partial charge in [-0.2, -0.15) is 13.2 Å². The lowest BCUT2D eigenvalue weighted by molar-refractivity contribution is -0.201. The summed E-state index contributed by atoms with van der Waals surface area (Å²) in [6.45, 7) is -0.978. The van der Waals surface area contributed by atoms with Crippen LogP contribution in [0.3, 0.4) is 0 Å². The monoisotopic (exact) mass is 327 g/mol. The fraction of sp³-hybridized carbons (Fsp3) is 0.300. The van der Waals surface area contributed by atoms with E-state index in [0.29, 0.717) is 4.47 Å². The van der Waals surface area contributed by atoms with Crippen LogP contribution in [0.1, 0.15) is 10.4 Å². The third-order valence-corrected chi connectivity index (χ3v) is 2.53. The highest BCUT2D eigenvalue weighted by molar-refractivity contribution is 9.10. The zero-order chi connectivity index (χ0) is 13.9. The Morgan fingerprint density at radius 1 is 1.44 bits per heavy atom. The molecule has 1 unspecified atom stereocenters. The van der Waals surface area contributed by atoms with E-state index in [9.17, 15) is 23.1 Å². The Labute approximate surface area is 109 Å². The summed E-state index contributed by atoms with van der Waals surface area (Å²) in [6.07, 6.45) is -7.44. The van der Waals surface area contributed by atoms with E-state index < -0.39 is 24.7 Å². The van der Waals surface area contributed by atoms with E-state index in [1.54, 1.807) is 0 Å². The summed E-state index contributed by atoms with van der Waals surface area (Å²) in [5.41, 5.74) is -0.182. The Morgan fingerprint density at radius 2 is 2.06 bits per heavy atom. The van der Waals surface area contributed by atoms with E-state index in [4.69, 9.17) is 5.11 Å². The molecule has 0 aliphatic rings. The number of phenols is 1. The van der Waals surface area contributed by atoms with E-state index in [2.05, 4.69) is 15.9 Å². The number of rotatable bonds is 3. The highest BCUT2D eigenvalue weighted by atomic mass is 79.9. The molecule has 1 amide bonds. The molecule has 0 fully saturated rings. The first-order valence-corrected chi connectivity index (χ1v) is 5.52. The molecule has 18 heavy (non-hydrogen) atoms. The molecule has 100 valence electrons. The van der Waals surface area contributed by atoms with Gasteiger partial charge in [0.2, 0.25) is 0 Å². The summed E-state index contributed by atoms with van der Waals surface area (Å²) < 4.78 is 36.4. The number of carbonyl (C=O) groups excluding carboxylic acids is 1. The maximum absolute atomic E-state index is 12.0. The van der Waals surface area contributed by atoms with E-state index in [-0.39, 0.29) is 11.3 Å². The molecule has 1 atom stereocenters. The van der Waals surface area contributed by atoms with Crippen molar-refractivity contribution >= 4 is 21.8 Å². The number of hydrogen-bond donors (Lipinski definition) is 3. The molecule has 0 saturated carbocycles. The molecule has 0 aliphatic heterocycles. The van der Waals surface area contributed by atoms with Crippen molar-refractivity contribution in [2.75, 3.05) is 6.54 Å². The van der Waals surface area contributed by atoms with Crippen LogP contribution in [-0.4, -0.2) is 34.9 Å². The van der Waals surface area contributed by atoms with Gasteiger partial charge in [0.25, 0.3) is 5.91 Å². The molecule has 0 spiro atoms. The van der Waals surface area contributed by atoms with E-state index in [1.165, 1.54) is 18.2 Å². The van der Waals surface area contributed by atoms with Crippen molar-refractivity contribution in [1.82, 2.24) is 5.32 Å². The van der Waals surface area contributed by atoms with Crippen LogP contribution in [0.15, 0.2) is 22.7 Å². The summed E-state index contributed by atoms with van der Waals surface area (Å²) in [6, 6.07) is 3.94. The van der Waals surface area contributed by atoms with E-state index in [0.717, 1.165) is 0 Å². The van der Waals surface area contributed by atoms with E-state index in [1.807, 2.05) is 5.32 Å². The number of alkyl halides is 3. The lowest BCUT2D eigenvalue weighted by atomic mass is 10.2. The summed E-state index contributed by atoms with van der Waals surface area (Å²) in [5.74, 6) is -1.27. The maximum Gasteiger partial charge on any atom is 0.416 e. The molecule has 3 N–H and O–H groups in total. The SMILES string of the molecule is O=C(NCC(O)C(F)(F)F)c1cc(Br)ccc1O. The molecule has 1 aromatic carbocycles. The standard InChI is InChI=1S/C10H9BrF3NO3/c11-5-1-2-7(16)6(3-5)9(18)15-4-8(17)10(12,13)14/h1-3,8,16-17H,4H2,(H,15,18). The molecule has 1 rings (SSSR count). The number of amides is 1. The minimum Gasteiger partial charge on any atom is -0.507 e. The highest BCUT2D eigenvalue weighted by Crippen LogP contribution is 2.22. The molecule has 0 bridgehead atoms. The molecule has 0 heterocycles. The minimum absolute atomic E-state index is 0.182. The average Bonchev–Trinajstić information content (AvgIpc) is 2.27. The number of aliphatic hydroxyl groups is 1. The van der Waals surface area contributed by atoms with Crippen molar-refractivity contribution in [2.24, 2.45) is 0 Å². The number of carbonyl (C=O) groups is 1. The van der Waals surface area contributed by atoms with Gasteiger partial charge in [0.05, 0.1) is 12.1 Å². The van der Waals surface area contributed by atoms with Crippen molar-refractivity contribution < 1.29 is 28.2 Å². The predicted molar refractivity (Wildman–Crippen MR) is 60.2 cm³/mol. The number of benzene rings is 1. The van der Waals surface area contributed by atoms with Crippen molar-refractivity contribution in [2.45, 2.75) is 12.3 Å². The second kappa shape index (κ2) is 5.57. The van der Waals surface area contributed by atoms with Crippen LogP contribution in [0.5, 0.6) is 5.75 Å². The largest absolute Gasteiger partial charge is 0.507 e. The number of aromatic hydroxyl groups is 1. The molecule has 0 radical (unpaired) electrons. The molecule has 1 aromatic rings. The quantitative estimate of drug-likeness (QED) is 0.793. The second-order valence-electron chi connectivity index (χ2n) is 3.43. The zero-order valence-corrected chi connectivity index (χ0v) is 10.4. The van der Waals surface area contributed by atoms with Crippen molar-refractivity contribution in [3.63, 3.8) is 0 Å². The summed E-state index contributed by atoms with van der Waals surface area (Å²) in [7, 11) is 0. The van der Waals surface area contributed by atoms with Gasteiger partial charge < -0.3 is 15.5 Å². The first-order chi connectivity index (χ1) is 8.21. The first-order valence-electron chi connectivity index (χ1n) is 4.73. The summed E-state index contributed by atoms with van der Waals surface area (Å²) >= 11 is 3.06. The predicted octanol–water partition coefficient (Wildman–Crippen LogP) is 1.81. The van der Waals surface area contributed by atoms with Crippen LogP contribution >= 0.6 is 15.9 Å². The summed E-state index contributed by atoms with van der Waals surface area (Å²) in [5, 5.41) is 19.9. The van der Waals surface area contributed by atoms with Crippen LogP contribution < -0.4 is 5.32 Å². The molecule has 4 nitrogen and oxygen atoms in total. The van der Waals surface area contributed by atoms with Crippen LogP contribution in [0, 0.1) is 0 Å². The van der Waals surface area contributed by atoms with Crippen LogP contribution in [-0.2, 0) is 0 Å². The number of phenolic OH excluding ortho intramolecular Hbond substituents is 1. The Bertz CT molecular complexity index is 450. The second-order valence-corrected chi connectivity index (χ2v) is 4.34. The fourth-order valence-corrected chi connectivity index (χ4v) is 1.45. The van der Waals surface area contributed by atoms with Gasteiger partial charge in [-0.3, -0.25) is 4.79 Å². The normalized spacial score (nSPS) is 13.2. The van der Waals surface area contributed by atoms with Crippen LogP contribution in [0.4, 0.5) is 13.2 Å². The third-order valence-electron chi connectivity index (χ3n) is 2.04. The van der Waals surface area contributed by atoms with Crippen molar-refractivity contribution in [3.05, 3.63) is 28.2 Å². The molecule has 8 heteroatoms. The first kappa shape index (κ1) is 14.8. The van der Waals surface area contributed by atoms with Gasteiger partial charge in [-0.25, -0.2) is 0 Å². The van der Waals surface area contributed by atoms with Crippen LogP contribution in [0.2, 0.25) is 0 Å². The fourth-order valence-electron chi connectivity index (χ4n) is 1.09. The molecule has 0 aliphatic carbocycles. The van der Waals surface area contributed by atoms with Gasteiger partial charge in [0.15, 0.2) is 6.10 Å². The lowest BCUT2D eigenvalue weighted by Gasteiger charge is -2.15. The number of nitrogens with one attached hydrogen (secondary N) is 1. The van der Waals surface area contributed by atoms with Gasteiger partial charge in [0.1, 0.15) is 5.75 Å². The van der Waals surface area contributed by atoms with Gasteiger partial charge in [-0.05, 0) is 18.2 Å². The average molecular weight is 328 g/mol. The number of aliphatic hydroxyl groups excluding tert-OH is 1. The third kappa shape index (κ3) is 3.88. The smallest absolute Gasteiger partial charge is 0.416 e. The molecule has 0 aromatic heterocycles. The Kier molecular flexibility index (Phi) is 4.58. The van der Waals surface area contributed by atoms with Gasteiger partial charge in [-0.15, -0.1) is 0 Å². The van der Waals surface area contributed by atoms with Crippen molar-refractivity contribution in [1.29, 1.82) is 0 Å². The Balaban J connectivity index is 2.69. The highest BCUT2D eigenvalue weighted by Gasteiger charge is 2.38. The Morgan fingerprint density at radius 3 is 2.61 bits per heavy atom. The minimum atomic E-state index is -4.80. The van der Waals surface area contributed by atoms with Gasteiger partial charge >= 0.3 is 6.18 Å². The van der Waals surface area contributed by atoms with E-state index >= 15 is 0 Å². The molecular formula is C10H9BrF3NO3. The number of halogens is 4.